The van der Waals surface area contributed by atoms with Crippen LogP contribution < -0.4 is 10.9 Å². The second-order valence-electron chi connectivity index (χ2n) is 5.19. The first kappa shape index (κ1) is 14.5. The number of nitrogens with zero attached hydrogens (tertiary/aromatic N) is 1. The highest BCUT2D eigenvalue weighted by molar-refractivity contribution is 5.93. The van der Waals surface area contributed by atoms with Crippen LogP contribution in [0.2, 0.25) is 0 Å². The fourth-order valence-electron chi connectivity index (χ4n) is 2.41. The molecule has 6 nitrogen and oxygen atoms in total. The Balaban J connectivity index is 1.71. The van der Waals surface area contributed by atoms with Crippen molar-refractivity contribution in [1.82, 2.24) is 15.3 Å². The van der Waals surface area contributed by atoms with E-state index in [1.165, 1.54) is 6.20 Å². The smallest absolute Gasteiger partial charge is 0.264 e. The maximum Gasteiger partial charge on any atom is 0.264 e. The quantitative estimate of drug-likeness (QED) is 0.892. The predicted molar refractivity (Wildman–Crippen MR) is 81.6 cm³/mol. The maximum atomic E-state index is 12.1. The molecule has 0 radical (unpaired) electrons. The number of hydrogen-bond acceptors (Lipinski definition) is 4. The summed E-state index contributed by atoms with van der Waals surface area (Å²) in [5.74, 6) is 0.0186. The molecule has 1 aromatic heterocycles. The molecule has 114 valence electrons. The van der Waals surface area contributed by atoms with Crippen LogP contribution in [0.5, 0.6) is 0 Å². The van der Waals surface area contributed by atoms with Crippen molar-refractivity contribution in [1.29, 1.82) is 0 Å². The summed E-state index contributed by atoms with van der Waals surface area (Å²) < 4.78 is 5.43. The van der Waals surface area contributed by atoms with E-state index in [2.05, 4.69) is 15.3 Å². The number of carbonyl (C=O) groups excluding carboxylic acids is 1. The van der Waals surface area contributed by atoms with Crippen molar-refractivity contribution in [2.75, 3.05) is 13.2 Å². The van der Waals surface area contributed by atoms with Gasteiger partial charge in [-0.2, -0.15) is 0 Å². The summed E-state index contributed by atoms with van der Waals surface area (Å²) in [6.07, 6.45) is 3.29. The van der Waals surface area contributed by atoms with Crippen LogP contribution in [0, 0.1) is 0 Å². The normalized spacial score (nSPS) is 17.4. The molecule has 0 saturated carbocycles. The fraction of sp³-hybridized carbons (Fsp3) is 0.312. The number of amides is 1. The number of carbonyl (C=O) groups is 1. The summed E-state index contributed by atoms with van der Waals surface area (Å²) >= 11 is 0. The lowest BCUT2D eigenvalue weighted by molar-refractivity contribution is 0.0856. The van der Waals surface area contributed by atoms with Crippen molar-refractivity contribution >= 4 is 5.91 Å². The Morgan fingerprint density at radius 2 is 2.18 bits per heavy atom. The van der Waals surface area contributed by atoms with Gasteiger partial charge in [0.2, 0.25) is 0 Å². The number of aromatic amines is 1. The molecule has 0 spiro atoms. The zero-order chi connectivity index (χ0) is 15.4. The predicted octanol–water partition coefficient (Wildman–Crippen LogP) is 1.35. The Bertz CT molecular complexity index is 706. The Kier molecular flexibility index (Phi) is 4.29. The molecule has 1 aliphatic rings. The number of H-pyrrole nitrogens is 1. The van der Waals surface area contributed by atoms with Crippen molar-refractivity contribution in [3.63, 3.8) is 0 Å². The molecule has 3 rings (SSSR count). The zero-order valence-electron chi connectivity index (χ0n) is 12.0. The minimum Gasteiger partial charge on any atom is -0.376 e. The highest BCUT2D eigenvalue weighted by Crippen LogP contribution is 2.12. The molecule has 2 heterocycles. The maximum absolute atomic E-state index is 12.1. The topological polar surface area (TPSA) is 84.1 Å². The van der Waals surface area contributed by atoms with E-state index < -0.39 is 11.5 Å². The summed E-state index contributed by atoms with van der Waals surface area (Å²) in [7, 11) is 0. The second-order valence-corrected chi connectivity index (χ2v) is 5.19. The van der Waals surface area contributed by atoms with Gasteiger partial charge in [-0.3, -0.25) is 9.59 Å². The number of ether oxygens (including phenoxy) is 1. The number of rotatable bonds is 4. The van der Waals surface area contributed by atoms with Crippen molar-refractivity contribution in [2.45, 2.75) is 18.9 Å². The number of hydrogen-bond donors (Lipinski definition) is 2. The lowest BCUT2D eigenvalue weighted by Gasteiger charge is -2.10. The molecular formula is C16H17N3O3. The van der Waals surface area contributed by atoms with Crippen molar-refractivity contribution in [3.8, 4) is 11.4 Å². The van der Waals surface area contributed by atoms with Gasteiger partial charge in [0, 0.05) is 24.9 Å². The van der Waals surface area contributed by atoms with E-state index >= 15 is 0 Å². The largest absolute Gasteiger partial charge is 0.376 e. The van der Waals surface area contributed by atoms with Crippen molar-refractivity contribution in [3.05, 3.63) is 52.4 Å². The monoisotopic (exact) mass is 299 g/mol. The Morgan fingerprint density at radius 1 is 1.36 bits per heavy atom. The summed E-state index contributed by atoms with van der Waals surface area (Å²) in [5.41, 5.74) is 0.363. The van der Waals surface area contributed by atoms with E-state index in [1.807, 2.05) is 30.3 Å². The van der Waals surface area contributed by atoms with Crippen LogP contribution >= 0.6 is 0 Å². The molecule has 1 aliphatic heterocycles. The highest BCUT2D eigenvalue weighted by Gasteiger charge is 2.18. The fourth-order valence-corrected chi connectivity index (χ4v) is 2.41. The van der Waals surface area contributed by atoms with Gasteiger partial charge in [0.1, 0.15) is 11.4 Å². The molecule has 1 aromatic carbocycles. The van der Waals surface area contributed by atoms with Crippen LogP contribution in [-0.2, 0) is 4.74 Å². The number of benzene rings is 1. The van der Waals surface area contributed by atoms with Crippen LogP contribution in [0.15, 0.2) is 41.3 Å². The molecule has 2 aromatic rings. The summed E-state index contributed by atoms with van der Waals surface area (Å²) in [6.45, 7) is 1.15. The van der Waals surface area contributed by atoms with Gasteiger partial charge in [-0.15, -0.1) is 0 Å². The van der Waals surface area contributed by atoms with Gasteiger partial charge < -0.3 is 15.0 Å². The molecule has 0 aliphatic carbocycles. The zero-order valence-corrected chi connectivity index (χ0v) is 12.0. The Labute approximate surface area is 127 Å². The van der Waals surface area contributed by atoms with E-state index in [9.17, 15) is 9.59 Å². The van der Waals surface area contributed by atoms with Crippen LogP contribution in [0.3, 0.4) is 0 Å². The molecule has 1 saturated heterocycles. The van der Waals surface area contributed by atoms with Gasteiger partial charge in [-0.25, -0.2) is 4.98 Å². The minimum absolute atomic E-state index is 0.0117. The summed E-state index contributed by atoms with van der Waals surface area (Å²) in [5, 5.41) is 2.72. The summed E-state index contributed by atoms with van der Waals surface area (Å²) in [6, 6.07) is 9.29. The van der Waals surface area contributed by atoms with Crippen molar-refractivity contribution in [2.24, 2.45) is 0 Å². The third kappa shape index (κ3) is 3.23. The SMILES string of the molecule is O=C(NCC1CCCO1)c1cnc(-c2ccccc2)[nH]c1=O. The minimum atomic E-state index is -0.446. The first-order valence-electron chi connectivity index (χ1n) is 7.28. The van der Waals surface area contributed by atoms with Gasteiger partial charge in [0.05, 0.1) is 6.10 Å². The van der Waals surface area contributed by atoms with Gasteiger partial charge in [-0.05, 0) is 12.8 Å². The van der Waals surface area contributed by atoms with Crippen LogP contribution in [0.1, 0.15) is 23.2 Å². The third-order valence-corrected chi connectivity index (χ3v) is 3.61. The average Bonchev–Trinajstić information content (AvgIpc) is 3.07. The van der Waals surface area contributed by atoms with Crippen molar-refractivity contribution < 1.29 is 9.53 Å². The number of aromatic nitrogens is 2. The highest BCUT2D eigenvalue weighted by atomic mass is 16.5. The molecule has 22 heavy (non-hydrogen) atoms. The first-order chi connectivity index (χ1) is 10.7. The molecule has 1 fully saturated rings. The standard InChI is InChI=1S/C16H17N3O3/c20-15(18-9-12-7-4-8-22-12)13-10-17-14(19-16(13)21)11-5-2-1-3-6-11/h1-3,5-6,10,12H,4,7-9H2,(H,18,20)(H,17,19,21). The molecule has 1 unspecified atom stereocenters. The van der Waals surface area contributed by atoms with Gasteiger partial charge >= 0.3 is 0 Å². The van der Waals surface area contributed by atoms with E-state index in [0.717, 1.165) is 25.0 Å². The first-order valence-corrected chi connectivity index (χ1v) is 7.28. The van der Waals surface area contributed by atoms with E-state index in [-0.39, 0.29) is 11.7 Å². The lowest BCUT2D eigenvalue weighted by atomic mass is 10.2. The Morgan fingerprint density at radius 3 is 2.86 bits per heavy atom. The lowest BCUT2D eigenvalue weighted by Crippen LogP contribution is -2.35. The van der Waals surface area contributed by atoms with E-state index in [4.69, 9.17) is 4.74 Å². The average molecular weight is 299 g/mol. The van der Waals surface area contributed by atoms with Gasteiger partial charge in [-0.1, -0.05) is 30.3 Å². The Hall–Kier alpha value is -2.47. The molecule has 1 amide bonds. The summed E-state index contributed by atoms with van der Waals surface area (Å²) in [4.78, 5) is 30.9. The molecule has 1 atom stereocenters. The van der Waals surface area contributed by atoms with Gasteiger partial charge in [0.25, 0.3) is 11.5 Å². The van der Waals surface area contributed by atoms with Crippen LogP contribution in [0.25, 0.3) is 11.4 Å². The van der Waals surface area contributed by atoms with Crippen LogP contribution in [0.4, 0.5) is 0 Å². The second kappa shape index (κ2) is 6.53. The van der Waals surface area contributed by atoms with E-state index in [0.29, 0.717) is 12.4 Å². The third-order valence-electron chi connectivity index (χ3n) is 3.61. The molecular weight excluding hydrogens is 282 g/mol. The van der Waals surface area contributed by atoms with Crippen LogP contribution in [-0.4, -0.2) is 35.1 Å². The molecule has 6 heteroatoms. The van der Waals surface area contributed by atoms with E-state index in [1.54, 1.807) is 0 Å². The molecule has 0 bridgehead atoms. The molecule has 2 N–H and O–H groups in total. The number of nitrogens with one attached hydrogen (secondary N) is 2. The van der Waals surface area contributed by atoms with Gasteiger partial charge in [0.15, 0.2) is 0 Å².